The van der Waals surface area contributed by atoms with E-state index in [2.05, 4.69) is 6.07 Å². The molecule has 1 amide bonds. The third-order valence-electron chi connectivity index (χ3n) is 3.90. The van der Waals surface area contributed by atoms with E-state index in [1.165, 1.54) is 0 Å². The van der Waals surface area contributed by atoms with E-state index in [1.54, 1.807) is 17.6 Å². The third-order valence-corrected chi connectivity index (χ3v) is 3.90. The number of benzene rings is 2. The first-order valence-electron chi connectivity index (χ1n) is 7.85. The summed E-state index contributed by atoms with van der Waals surface area (Å²) in [4.78, 5) is 10.9. The molecule has 2 aromatic carbocycles. The Labute approximate surface area is 141 Å². The van der Waals surface area contributed by atoms with Crippen LogP contribution in [0.15, 0.2) is 48.5 Å². The fourth-order valence-electron chi connectivity index (χ4n) is 2.48. The van der Waals surface area contributed by atoms with E-state index in [0.717, 1.165) is 16.7 Å². The molecule has 0 aliphatic heterocycles. The zero-order valence-electron chi connectivity index (χ0n) is 13.3. The van der Waals surface area contributed by atoms with E-state index >= 15 is 0 Å². The van der Waals surface area contributed by atoms with Crippen LogP contribution >= 0.6 is 0 Å². The van der Waals surface area contributed by atoms with Crippen LogP contribution in [0.25, 0.3) is 11.1 Å². The van der Waals surface area contributed by atoms with Gasteiger partial charge in [-0.25, -0.2) is 5.48 Å². The maximum absolute atomic E-state index is 10.9. The van der Waals surface area contributed by atoms with Crippen molar-refractivity contribution >= 4 is 5.91 Å². The summed E-state index contributed by atoms with van der Waals surface area (Å²) in [6, 6.07) is 17.1. The number of aliphatic hydroxyl groups excluding tert-OH is 1. The Morgan fingerprint density at radius 3 is 2.17 bits per heavy atom. The lowest BCUT2D eigenvalue weighted by molar-refractivity contribution is -0.129. The lowest BCUT2D eigenvalue weighted by Crippen LogP contribution is -2.17. The maximum Gasteiger partial charge on any atom is 0.243 e. The van der Waals surface area contributed by atoms with Gasteiger partial charge < -0.3 is 5.11 Å². The Hall–Kier alpha value is -2.68. The van der Waals surface area contributed by atoms with Gasteiger partial charge in [-0.05, 0) is 41.7 Å². The molecule has 1 unspecified atom stereocenters. The molecule has 0 saturated carbocycles. The van der Waals surface area contributed by atoms with Crippen LogP contribution in [0.1, 0.15) is 42.9 Å². The molecule has 0 heterocycles. The van der Waals surface area contributed by atoms with Crippen LogP contribution in [0, 0.1) is 11.3 Å². The van der Waals surface area contributed by atoms with E-state index in [0.29, 0.717) is 24.8 Å². The molecule has 0 aromatic heterocycles. The molecule has 0 aliphatic carbocycles. The molecule has 1 atom stereocenters. The third kappa shape index (κ3) is 4.92. The van der Waals surface area contributed by atoms with E-state index in [4.69, 9.17) is 10.5 Å². The molecule has 0 bridgehead atoms. The first-order chi connectivity index (χ1) is 11.6. The second-order valence-corrected chi connectivity index (χ2v) is 5.61. The number of carbonyl (C=O) groups is 1. The number of nitrogens with zero attached hydrogens (tertiary/aromatic N) is 1. The molecule has 3 N–H and O–H groups in total. The van der Waals surface area contributed by atoms with Crippen molar-refractivity contribution in [2.24, 2.45) is 0 Å². The molecule has 2 aromatic rings. The molecule has 124 valence electrons. The molecule has 0 spiro atoms. The van der Waals surface area contributed by atoms with Crippen LogP contribution in [0.2, 0.25) is 0 Å². The summed E-state index contributed by atoms with van der Waals surface area (Å²) in [6.07, 6.45) is 1.56. The molecule has 0 aliphatic rings. The van der Waals surface area contributed by atoms with Crippen molar-refractivity contribution in [2.45, 2.75) is 31.8 Å². The van der Waals surface area contributed by atoms with Crippen molar-refractivity contribution in [3.8, 4) is 17.2 Å². The standard InChI is InChI=1S/C19H20N2O3/c20-13-14-5-7-15(8-6-14)16-9-11-17(12-10-16)18(22)3-1-2-4-19(23)21-24/h5-12,18,22,24H,1-4H2,(H,21,23). The van der Waals surface area contributed by atoms with Crippen LogP contribution in [-0.2, 0) is 4.79 Å². The minimum absolute atomic E-state index is 0.251. The Bertz CT molecular complexity index is 703. The van der Waals surface area contributed by atoms with E-state index in [-0.39, 0.29) is 6.42 Å². The Balaban J connectivity index is 1.90. The molecule has 0 radical (unpaired) electrons. The van der Waals surface area contributed by atoms with Gasteiger partial charge in [0.25, 0.3) is 0 Å². The Kier molecular flexibility index (Phi) is 6.50. The summed E-state index contributed by atoms with van der Waals surface area (Å²) < 4.78 is 0. The number of nitriles is 1. The normalized spacial score (nSPS) is 11.5. The van der Waals surface area contributed by atoms with Gasteiger partial charge in [0.1, 0.15) is 0 Å². The first kappa shape index (κ1) is 17.7. The summed E-state index contributed by atoms with van der Waals surface area (Å²) in [7, 11) is 0. The highest BCUT2D eigenvalue weighted by Crippen LogP contribution is 2.24. The van der Waals surface area contributed by atoms with Crippen LogP contribution in [-0.4, -0.2) is 16.2 Å². The van der Waals surface area contributed by atoms with Crippen molar-refractivity contribution in [1.82, 2.24) is 5.48 Å². The molecule has 2 rings (SSSR count). The zero-order valence-corrected chi connectivity index (χ0v) is 13.3. The fourth-order valence-corrected chi connectivity index (χ4v) is 2.48. The number of hydrogen-bond donors (Lipinski definition) is 3. The van der Waals surface area contributed by atoms with Crippen LogP contribution in [0.3, 0.4) is 0 Å². The first-order valence-corrected chi connectivity index (χ1v) is 7.85. The van der Waals surface area contributed by atoms with Gasteiger partial charge in [-0.2, -0.15) is 5.26 Å². The van der Waals surface area contributed by atoms with Crippen LogP contribution in [0.4, 0.5) is 0 Å². The van der Waals surface area contributed by atoms with Gasteiger partial charge in [-0.15, -0.1) is 0 Å². The fraction of sp³-hybridized carbons (Fsp3) is 0.263. The number of carbonyl (C=O) groups excluding carboxylic acids is 1. The number of hydroxylamine groups is 1. The second kappa shape index (κ2) is 8.82. The van der Waals surface area contributed by atoms with E-state index in [1.807, 2.05) is 36.4 Å². The summed E-state index contributed by atoms with van der Waals surface area (Å²) in [5.41, 5.74) is 5.09. The topological polar surface area (TPSA) is 93.3 Å². The number of unbranched alkanes of at least 4 members (excludes halogenated alkanes) is 1. The van der Waals surface area contributed by atoms with Crippen molar-refractivity contribution in [2.75, 3.05) is 0 Å². The van der Waals surface area contributed by atoms with Gasteiger partial charge in [-0.1, -0.05) is 42.8 Å². The number of amides is 1. The Morgan fingerprint density at radius 2 is 1.62 bits per heavy atom. The quantitative estimate of drug-likeness (QED) is 0.414. The van der Waals surface area contributed by atoms with Gasteiger partial charge >= 0.3 is 0 Å². The highest BCUT2D eigenvalue weighted by atomic mass is 16.5. The molecular formula is C19H20N2O3. The minimum Gasteiger partial charge on any atom is -0.388 e. The molecular weight excluding hydrogens is 304 g/mol. The SMILES string of the molecule is N#Cc1ccc(-c2ccc(C(O)CCCCC(=O)NO)cc2)cc1. The van der Waals surface area contributed by atoms with Crippen LogP contribution < -0.4 is 5.48 Å². The smallest absolute Gasteiger partial charge is 0.243 e. The van der Waals surface area contributed by atoms with E-state index < -0.39 is 12.0 Å². The molecule has 0 saturated heterocycles. The van der Waals surface area contributed by atoms with Crippen molar-refractivity contribution in [3.63, 3.8) is 0 Å². The summed E-state index contributed by atoms with van der Waals surface area (Å²) in [5, 5.41) is 27.4. The monoisotopic (exact) mass is 324 g/mol. The number of nitrogens with one attached hydrogen (secondary N) is 1. The second-order valence-electron chi connectivity index (χ2n) is 5.61. The minimum atomic E-state index is -0.572. The van der Waals surface area contributed by atoms with Gasteiger partial charge in [-0.3, -0.25) is 10.0 Å². The summed E-state index contributed by atoms with van der Waals surface area (Å²) in [6.45, 7) is 0. The van der Waals surface area contributed by atoms with Gasteiger partial charge in [0, 0.05) is 6.42 Å². The van der Waals surface area contributed by atoms with E-state index in [9.17, 15) is 9.90 Å². The zero-order chi connectivity index (χ0) is 17.4. The number of rotatable bonds is 7. The van der Waals surface area contributed by atoms with Gasteiger partial charge in [0.15, 0.2) is 0 Å². The summed E-state index contributed by atoms with van der Waals surface area (Å²) in [5.74, 6) is -0.406. The predicted molar refractivity (Wildman–Crippen MR) is 90.0 cm³/mol. The molecule has 5 heteroatoms. The number of hydrogen-bond acceptors (Lipinski definition) is 4. The van der Waals surface area contributed by atoms with Crippen LogP contribution in [0.5, 0.6) is 0 Å². The molecule has 24 heavy (non-hydrogen) atoms. The van der Waals surface area contributed by atoms with Crippen molar-refractivity contribution in [1.29, 1.82) is 5.26 Å². The Morgan fingerprint density at radius 1 is 1.04 bits per heavy atom. The average Bonchev–Trinajstić information content (AvgIpc) is 2.65. The molecule has 0 fully saturated rings. The van der Waals surface area contributed by atoms with Gasteiger partial charge in [0.05, 0.1) is 17.7 Å². The summed E-state index contributed by atoms with van der Waals surface area (Å²) >= 11 is 0. The van der Waals surface area contributed by atoms with Gasteiger partial charge in [0.2, 0.25) is 5.91 Å². The highest BCUT2D eigenvalue weighted by molar-refractivity contribution is 5.74. The lowest BCUT2D eigenvalue weighted by atomic mass is 9.98. The lowest BCUT2D eigenvalue weighted by Gasteiger charge is -2.11. The predicted octanol–water partition coefficient (Wildman–Crippen LogP) is 3.32. The van der Waals surface area contributed by atoms with Crippen molar-refractivity contribution in [3.05, 3.63) is 59.7 Å². The maximum atomic E-state index is 10.9. The highest BCUT2D eigenvalue weighted by Gasteiger charge is 2.08. The largest absolute Gasteiger partial charge is 0.388 e. The molecule has 5 nitrogen and oxygen atoms in total. The average molecular weight is 324 g/mol. The number of aliphatic hydroxyl groups is 1. The van der Waals surface area contributed by atoms with Crippen molar-refractivity contribution < 1.29 is 15.1 Å².